The van der Waals surface area contributed by atoms with E-state index < -0.39 is 0 Å². The zero-order valence-corrected chi connectivity index (χ0v) is 21.4. The van der Waals surface area contributed by atoms with Gasteiger partial charge in [-0.05, 0) is 47.4 Å². The number of phenols is 1. The summed E-state index contributed by atoms with van der Waals surface area (Å²) >= 11 is 0. The molecule has 0 amide bonds. The molecule has 0 radical (unpaired) electrons. The fraction of sp³-hybridized carbons (Fsp3) is 0.571. The third-order valence-electron chi connectivity index (χ3n) is 6.79. The molecule has 0 saturated carbocycles. The minimum absolute atomic E-state index is 0.00546. The van der Waals surface area contributed by atoms with Gasteiger partial charge < -0.3 is 19.8 Å². The van der Waals surface area contributed by atoms with Gasteiger partial charge in [-0.1, -0.05) is 47.1 Å². The number of allylic oxidation sites excluding steroid dienone is 1. The molecule has 3 fully saturated rings. The number of aryl methyl sites for hydroxylation is 2. The van der Waals surface area contributed by atoms with E-state index in [1.54, 1.807) is 0 Å². The summed E-state index contributed by atoms with van der Waals surface area (Å²) in [5.74, 6) is 0.502. The SMILES string of the molecule is CCCCc1cc(C(C)(C)C)c(O)cc1CC.O=C1C=C(N2CC2)C(=O)C(N2CC2)=C1N1CC1. The van der Waals surface area contributed by atoms with Gasteiger partial charge >= 0.3 is 0 Å². The molecule has 34 heavy (non-hydrogen) atoms. The molecular formula is C28H39N3O3. The molecule has 1 aromatic rings. The molecule has 0 spiro atoms. The summed E-state index contributed by atoms with van der Waals surface area (Å²) in [6.45, 7) is 16.2. The van der Waals surface area contributed by atoms with Crippen LogP contribution in [0.3, 0.4) is 0 Å². The number of nitrogens with zero attached hydrogens (tertiary/aromatic N) is 3. The lowest BCUT2D eigenvalue weighted by atomic mass is 9.83. The highest BCUT2D eigenvalue weighted by Gasteiger charge is 2.43. The van der Waals surface area contributed by atoms with Gasteiger partial charge in [0.15, 0.2) is 0 Å². The van der Waals surface area contributed by atoms with E-state index >= 15 is 0 Å². The highest BCUT2D eigenvalue weighted by Crippen LogP contribution is 2.35. The van der Waals surface area contributed by atoms with Crippen LogP contribution in [-0.2, 0) is 27.8 Å². The Labute approximate surface area is 203 Å². The van der Waals surface area contributed by atoms with Crippen molar-refractivity contribution in [3.63, 3.8) is 0 Å². The van der Waals surface area contributed by atoms with Gasteiger partial charge in [0, 0.05) is 45.3 Å². The minimum Gasteiger partial charge on any atom is -0.508 e. The molecule has 0 unspecified atom stereocenters. The van der Waals surface area contributed by atoms with Crippen LogP contribution in [-0.4, -0.2) is 70.6 Å². The van der Waals surface area contributed by atoms with E-state index in [1.165, 1.54) is 30.0 Å². The van der Waals surface area contributed by atoms with Gasteiger partial charge in [0.2, 0.25) is 11.6 Å². The van der Waals surface area contributed by atoms with Gasteiger partial charge in [0.05, 0.1) is 5.70 Å². The number of aromatic hydroxyl groups is 1. The summed E-state index contributed by atoms with van der Waals surface area (Å²) in [7, 11) is 0. The average Bonchev–Trinajstić information content (AvgIpc) is 3.63. The molecule has 6 nitrogen and oxygen atoms in total. The van der Waals surface area contributed by atoms with Gasteiger partial charge in [-0.3, -0.25) is 9.59 Å². The van der Waals surface area contributed by atoms with Crippen LogP contribution in [0.15, 0.2) is 35.3 Å². The van der Waals surface area contributed by atoms with Crippen molar-refractivity contribution in [2.75, 3.05) is 39.3 Å². The second kappa shape index (κ2) is 9.47. The first-order valence-electron chi connectivity index (χ1n) is 12.8. The highest BCUT2D eigenvalue weighted by molar-refractivity contribution is 6.22. The van der Waals surface area contributed by atoms with Crippen LogP contribution < -0.4 is 0 Å². The summed E-state index contributed by atoms with van der Waals surface area (Å²) in [4.78, 5) is 30.5. The lowest BCUT2D eigenvalue weighted by Gasteiger charge is -2.23. The number of benzene rings is 1. The summed E-state index contributed by atoms with van der Waals surface area (Å²) in [5, 5.41) is 10.1. The number of rotatable bonds is 7. The maximum atomic E-state index is 12.4. The smallest absolute Gasteiger partial charge is 0.227 e. The number of hydrogen-bond donors (Lipinski definition) is 1. The van der Waals surface area contributed by atoms with Gasteiger partial charge in [0.25, 0.3) is 0 Å². The van der Waals surface area contributed by atoms with Gasteiger partial charge in [-0.2, -0.15) is 0 Å². The fourth-order valence-electron chi connectivity index (χ4n) is 4.48. The summed E-state index contributed by atoms with van der Waals surface area (Å²) in [6, 6.07) is 4.18. The minimum atomic E-state index is 0.00546. The van der Waals surface area contributed by atoms with Gasteiger partial charge in [-0.25, -0.2) is 0 Å². The van der Waals surface area contributed by atoms with Crippen LogP contribution >= 0.6 is 0 Å². The standard InChI is InChI=1S/C16H26O.C12H13N3O2/c1-6-8-9-13-10-14(16(3,4)5)15(17)11-12(13)7-2;16-9-7-8(13-1-2-13)12(17)11(15-5-6-15)10(9)14-3-4-14/h10-11,17H,6-9H2,1-5H3;7H,1-6H2. The van der Waals surface area contributed by atoms with Crippen LogP contribution in [0, 0.1) is 0 Å². The number of hydrogen-bond acceptors (Lipinski definition) is 6. The molecular weight excluding hydrogens is 426 g/mol. The van der Waals surface area contributed by atoms with Crippen LogP contribution in [0.25, 0.3) is 0 Å². The zero-order valence-electron chi connectivity index (χ0n) is 21.4. The monoisotopic (exact) mass is 465 g/mol. The van der Waals surface area contributed by atoms with E-state index in [9.17, 15) is 14.7 Å². The Bertz CT molecular complexity index is 1040. The molecule has 6 heteroatoms. The van der Waals surface area contributed by atoms with Crippen molar-refractivity contribution >= 4 is 11.6 Å². The van der Waals surface area contributed by atoms with Crippen molar-refractivity contribution in [3.05, 3.63) is 52.0 Å². The molecule has 1 N–H and O–H groups in total. The van der Waals surface area contributed by atoms with Gasteiger partial charge in [-0.15, -0.1) is 0 Å². The summed E-state index contributed by atoms with van der Waals surface area (Å²) in [5.41, 5.74) is 5.68. The van der Waals surface area contributed by atoms with Crippen molar-refractivity contribution in [1.82, 2.24) is 14.7 Å². The number of phenolic OH excluding ortho intramolecular Hbond substituents is 1. The molecule has 5 rings (SSSR count). The molecule has 3 saturated heterocycles. The van der Waals surface area contributed by atoms with Crippen LogP contribution in [0.1, 0.15) is 64.2 Å². The van der Waals surface area contributed by atoms with E-state index in [2.05, 4.69) is 40.7 Å². The Morgan fingerprint density at radius 2 is 1.44 bits per heavy atom. The lowest BCUT2D eigenvalue weighted by molar-refractivity contribution is -0.117. The van der Waals surface area contributed by atoms with E-state index in [1.807, 2.05) is 20.8 Å². The van der Waals surface area contributed by atoms with Crippen molar-refractivity contribution in [3.8, 4) is 5.75 Å². The Morgan fingerprint density at radius 3 is 1.94 bits per heavy atom. The third-order valence-corrected chi connectivity index (χ3v) is 6.79. The maximum absolute atomic E-state index is 12.4. The van der Waals surface area contributed by atoms with E-state index in [0.29, 0.717) is 22.8 Å². The average molecular weight is 466 g/mol. The molecule has 3 aliphatic heterocycles. The molecule has 3 heterocycles. The van der Waals surface area contributed by atoms with Crippen molar-refractivity contribution in [2.24, 2.45) is 0 Å². The first-order chi connectivity index (χ1) is 16.2. The predicted octanol–water partition coefficient (Wildman–Crippen LogP) is 3.78. The van der Waals surface area contributed by atoms with E-state index in [4.69, 9.17) is 0 Å². The molecule has 184 valence electrons. The Kier molecular flexibility index (Phi) is 6.79. The van der Waals surface area contributed by atoms with E-state index in [-0.39, 0.29) is 17.0 Å². The quantitative estimate of drug-likeness (QED) is 0.489. The summed E-state index contributed by atoms with van der Waals surface area (Å²) < 4.78 is 0. The number of ketones is 2. The molecule has 0 aromatic heterocycles. The number of carbonyl (C=O) groups is 2. The van der Waals surface area contributed by atoms with Crippen molar-refractivity contribution in [1.29, 1.82) is 0 Å². The second-order valence-electron chi connectivity index (χ2n) is 10.7. The zero-order chi connectivity index (χ0) is 24.6. The molecule has 1 aliphatic carbocycles. The maximum Gasteiger partial charge on any atom is 0.227 e. The van der Waals surface area contributed by atoms with Crippen molar-refractivity contribution in [2.45, 2.75) is 65.7 Å². The molecule has 0 bridgehead atoms. The first kappa shape index (κ1) is 24.4. The van der Waals surface area contributed by atoms with E-state index in [0.717, 1.165) is 57.7 Å². The summed E-state index contributed by atoms with van der Waals surface area (Å²) in [6.07, 6.45) is 6.09. The second-order valence-corrected chi connectivity index (χ2v) is 10.7. The normalized spacial score (nSPS) is 19.2. The Morgan fingerprint density at radius 1 is 0.853 bits per heavy atom. The number of carbonyl (C=O) groups excluding carboxylic acids is 2. The van der Waals surface area contributed by atoms with Crippen LogP contribution in [0.4, 0.5) is 0 Å². The number of unbranched alkanes of at least 4 members (excludes halogenated alkanes) is 1. The Balaban J connectivity index is 0.000000161. The predicted molar refractivity (Wildman–Crippen MR) is 135 cm³/mol. The highest BCUT2D eigenvalue weighted by atomic mass is 16.3. The number of Topliss-reactive ketones (excluding diaryl/α,β-unsaturated/α-hetero) is 1. The van der Waals surface area contributed by atoms with Crippen molar-refractivity contribution < 1.29 is 14.7 Å². The third kappa shape index (κ3) is 5.31. The first-order valence-corrected chi connectivity index (χ1v) is 12.8. The molecule has 1 aromatic carbocycles. The lowest BCUT2D eigenvalue weighted by Crippen LogP contribution is -2.29. The Hall–Kier alpha value is -2.76. The molecule has 4 aliphatic rings. The largest absolute Gasteiger partial charge is 0.508 e. The van der Waals surface area contributed by atoms with Crippen LogP contribution in [0.5, 0.6) is 5.75 Å². The fourth-order valence-corrected chi connectivity index (χ4v) is 4.48. The van der Waals surface area contributed by atoms with Crippen LogP contribution in [0.2, 0.25) is 0 Å². The molecule has 0 atom stereocenters. The van der Waals surface area contributed by atoms with Gasteiger partial charge in [0.1, 0.15) is 17.1 Å². The topological polar surface area (TPSA) is 63.4 Å².